The van der Waals surface area contributed by atoms with Crippen LogP contribution in [0.5, 0.6) is 0 Å². The third-order valence-electron chi connectivity index (χ3n) is 1.80. The maximum absolute atomic E-state index is 11.4. The van der Waals surface area contributed by atoms with Gasteiger partial charge in [-0.05, 0) is 0 Å². The minimum atomic E-state index is -4.67. The number of carbonyl (C=O) groups is 1. The van der Waals surface area contributed by atoms with Gasteiger partial charge in [-0.2, -0.15) is 0 Å². The van der Waals surface area contributed by atoms with E-state index in [-0.39, 0.29) is 19.1 Å². The fourth-order valence-corrected chi connectivity index (χ4v) is 2.50. The second kappa shape index (κ2) is 4.96. The van der Waals surface area contributed by atoms with Crippen molar-refractivity contribution in [3.63, 3.8) is 0 Å². The average Bonchev–Trinajstić information content (AvgIpc) is 2.27. The van der Waals surface area contributed by atoms with Crippen molar-refractivity contribution in [3.8, 4) is 0 Å². The molecule has 0 saturated carbocycles. The molecule has 0 aliphatic carbocycles. The van der Waals surface area contributed by atoms with Crippen molar-refractivity contribution in [2.75, 3.05) is 0 Å². The number of aldehydes is 1. The van der Waals surface area contributed by atoms with Gasteiger partial charge in [-0.3, -0.25) is 0 Å². The van der Waals surface area contributed by atoms with Crippen molar-refractivity contribution in [3.05, 3.63) is 23.8 Å². The zero-order chi connectivity index (χ0) is 14.0. The summed E-state index contributed by atoms with van der Waals surface area (Å²) < 4.78 is 57.4. The standard InChI is InChI=1S/C7H6BNO7S2/c9-8-16-18(14,15)7-2-5(4-10)1-6(3-7)17(11,12)13/h1-4,9H,(H,11,12,13). The normalized spacial score (nSPS) is 11.6. The molecule has 11 heteroatoms. The molecule has 0 saturated heterocycles. The van der Waals surface area contributed by atoms with Gasteiger partial charge in [0.15, 0.2) is 0 Å². The van der Waals surface area contributed by atoms with Crippen LogP contribution in [0.2, 0.25) is 0 Å². The van der Waals surface area contributed by atoms with Gasteiger partial charge in [0.1, 0.15) is 0 Å². The molecular formula is C7H6BNO7S2. The number of nitrogens with one attached hydrogen (secondary N) is 1. The second-order valence-corrected chi connectivity index (χ2v) is 5.99. The molecule has 0 spiro atoms. The average molecular weight is 291 g/mol. The molecule has 8 nitrogen and oxygen atoms in total. The molecule has 18 heavy (non-hydrogen) atoms. The van der Waals surface area contributed by atoms with Crippen LogP contribution in [-0.2, 0) is 24.3 Å². The van der Waals surface area contributed by atoms with Crippen molar-refractivity contribution in [1.82, 2.24) is 0 Å². The zero-order valence-electron chi connectivity index (χ0n) is 8.60. The molecule has 0 atom stereocenters. The molecule has 0 unspecified atom stereocenters. The zero-order valence-corrected chi connectivity index (χ0v) is 10.2. The van der Waals surface area contributed by atoms with Crippen LogP contribution in [0, 0.1) is 5.31 Å². The van der Waals surface area contributed by atoms with E-state index in [0.29, 0.717) is 6.07 Å². The summed E-state index contributed by atoms with van der Waals surface area (Å²) in [6, 6.07) is 2.26. The van der Waals surface area contributed by atoms with E-state index < -0.39 is 30.0 Å². The summed E-state index contributed by atoms with van der Waals surface area (Å²) >= 11 is 0. The van der Waals surface area contributed by atoms with Gasteiger partial charge in [-0.15, -0.1) is 0 Å². The van der Waals surface area contributed by atoms with E-state index in [0.717, 1.165) is 12.1 Å². The molecule has 0 aliphatic heterocycles. The molecule has 0 heterocycles. The predicted molar refractivity (Wildman–Crippen MR) is 58.4 cm³/mol. The van der Waals surface area contributed by atoms with Gasteiger partial charge in [-0.1, -0.05) is 0 Å². The van der Waals surface area contributed by atoms with E-state index in [1.807, 2.05) is 0 Å². The van der Waals surface area contributed by atoms with E-state index in [4.69, 9.17) is 9.87 Å². The van der Waals surface area contributed by atoms with Crippen molar-refractivity contribution < 1.29 is 30.3 Å². The molecule has 1 aromatic rings. The van der Waals surface area contributed by atoms with Crippen molar-refractivity contribution >= 4 is 33.8 Å². The van der Waals surface area contributed by atoms with Gasteiger partial charge < -0.3 is 0 Å². The summed E-state index contributed by atoms with van der Waals surface area (Å²) in [5, 5.41) is 6.52. The molecule has 1 aromatic carbocycles. The molecule has 0 bridgehead atoms. The quantitative estimate of drug-likeness (QED) is 0.436. The van der Waals surface area contributed by atoms with Crippen LogP contribution in [0.25, 0.3) is 0 Å². The first-order valence-corrected chi connectivity index (χ1v) is 7.05. The molecular weight excluding hydrogens is 285 g/mol. The van der Waals surface area contributed by atoms with Crippen molar-refractivity contribution in [1.29, 1.82) is 5.31 Å². The number of carbonyl (C=O) groups excluding carboxylic acids is 1. The van der Waals surface area contributed by atoms with Crippen LogP contribution in [-0.4, -0.2) is 34.9 Å². The summed E-state index contributed by atoms with van der Waals surface area (Å²) in [6.45, 7) is 0. The Morgan fingerprint density at radius 2 is 1.72 bits per heavy atom. The van der Waals surface area contributed by atoms with E-state index in [1.54, 1.807) is 0 Å². The van der Waals surface area contributed by atoms with Crippen molar-refractivity contribution in [2.24, 2.45) is 0 Å². The maximum atomic E-state index is 11.4. The first-order valence-electron chi connectivity index (χ1n) is 4.20. The van der Waals surface area contributed by atoms with Crippen LogP contribution in [0.15, 0.2) is 28.0 Å². The third kappa shape index (κ3) is 3.21. The Bertz CT molecular complexity index is 695. The Balaban J connectivity index is 3.57. The van der Waals surface area contributed by atoms with Crippen LogP contribution >= 0.6 is 0 Å². The summed E-state index contributed by atoms with van der Waals surface area (Å²) in [5.41, 5.74) is -0.280. The van der Waals surface area contributed by atoms with Crippen LogP contribution in [0.4, 0.5) is 0 Å². The van der Waals surface area contributed by atoms with E-state index in [2.05, 4.69) is 4.10 Å². The van der Waals surface area contributed by atoms with Gasteiger partial charge in [0.25, 0.3) is 0 Å². The van der Waals surface area contributed by atoms with E-state index in [1.165, 1.54) is 0 Å². The van der Waals surface area contributed by atoms with Gasteiger partial charge in [0.2, 0.25) is 0 Å². The number of benzene rings is 1. The summed E-state index contributed by atoms with van der Waals surface area (Å²) in [7, 11) is -8.94. The van der Waals surface area contributed by atoms with E-state index >= 15 is 0 Å². The molecule has 2 N–H and O–H groups in total. The van der Waals surface area contributed by atoms with Gasteiger partial charge in [-0.25, -0.2) is 0 Å². The Labute approximate surface area is 103 Å². The SMILES string of the molecule is N=BOS(=O)(=O)c1cc(C=O)cc(S(=O)(=O)O)c1. The Morgan fingerprint density at radius 1 is 1.17 bits per heavy atom. The van der Waals surface area contributed by atoms with Gasteiger partial charge in [0, 0.05) is 0 Å². The fourth-order valence-electron chi connectivity index (χ4n) is 1.07. The van der Waals surface area contributed by atoms with Crippen molar-refractivity contribution in [2.45, 2.75) is 9.79 Å². The number of hydrogen-bond acceptors (Lipinski definition) is 7. The molecule has 96 valence electrons. The van der Waals surface area contributed by atoms with Crippen LogP contribution in [0.3, 0.4) is 0 Å². The summed E-state index contributed by atoms with van der Waals surface area (Å²) in [5.74, 6) is 0. The molecule has 0 radical (unpaired) electrons. The topological polar surface area (TPSA) is 139 Å². The minimum absolute atomic E-state index is 0.135. The molecule has 0 aromatic heterocycles. The first kappa shape index (κ1) is 14.5. The second-order valence-electron chi connectivity index (χ2n) is 3.00. The fraction of sp³-hybridized carbons (Fsp3) is 0. The molecule has 1 rings (SSSR count). The van der Waals surface area contributed by atoms with Crippen LogP contribution in [0.1, 0.15) is 10.4 Å². The van der Waals surface area contributed by atoms with E-state index in [9.17, 15) is 21.6 Å². The molecule has 0 fully saturated rings. The Morgan fingerprint density at radius 3 is 2.17 bits per heavy atom. The monoisotopic (exact) mass is 291 g/mol. The Hall–Kier alpha value is -1.59. The Kier molecular flexibility index (Phi) is 3.99. The first-order chi connectivity index (χ1) is 8.20. The number of rotatable bonds is 5. The number of hydrogen-bond donors (Lipinski definition) is 2. The predicted octanol–water partition coefficient (Wildman–Crippen LogP) is -0.167. The third-order valence-corrected chi connectivity index (χ3v) is 3.79. The summed E-state index contributed by atoms with van der Waals surface area (Å²) in [4.78, 5) is 9.14. The summed E-state index contributed by atoms with van der Waals surface area (Å²) in [6.07, 6.45) is 0.206. The molecule has 0 aliphatic rings. The van der Waals surface area contributed by atoms with Gasteiger partial charge >= 0.3 is 103 Å². The van der Waals surface area contributed by atoms with Crippen LogP contribution < -0.4 is 0 Å². The van der Waals surface area contributed by atoms with Gasteiger partial charge in [0.05, 0.1) is 0 Å². The molecule has 0 amide bonds.